The van der Waals surface area contributed by atoms with Crippen molar-refractivity contribution in [1.29, 1.82) is 5.26 Å². The molecule has 2 N–H and O–H groups in total. The van der Waals surface area contributed by atoms with Crippen molar-refractivity contribution in [2.24, 2.45) is 0 Å². The first-order valence-corrected chi connectivity index (χ1v) is 5.80. The maximum atomic E-state index is 11.0. The van der Waals surface area contributed by atoms with Gasteiger partial charge in [0.15, 0.2) is 0 Å². The molecule has 0 radical (unpaired) electrons. The van der Waals surface area contributed by atoms with E-state index >= 15 is 0 Å². The zero-order valence-electron chi connectivity index (χ0n) is 10.6. The zero-order chi connectivity index (χ0) is 15.4. The molecule has 0 aliphatic rings. The normalized spacial score (nSPS) is 9.67. The van der Waals surface area contributed by atoms with Gasteiger partial charge in [0.25, 0.3) is 0 Å². The van der Waals surface area contributed by atoms with Crippen molar-refractivity contribution in [2.75, 3.05) is 0 Å². The Balaban J connectivity index is 2.46. The average Bonchev–Trinajstić information content (AvgIpc) is 2.47. The van der Waals surface area contributed by atoms with Gasteiger partial charge in [-0.3, -0.25) is 0 Å². The van der Waals surface area contributed by atoms with Crippen LogP contribution in [0, 0.1) is 11.3 Å². The van der Waals surface area contributed by atoms with Crippen LogP contribution in [0.15, 0.2) is 42.5 Å². The van der Waals surface area contributed by atoms with Crippen LogP contribution in [0.5, 0.6) is 11.5 Å². The quantitative estimate of drug-likeness (QED) is 0.893. The third-order valence-electron chi connectivity index (χ3n) is 2.64. The van der Waals surface area contributed by atoms with Crippen LogP contribution < -0.4 is 4.74 Å². The highest BCUT2D eigenvalue weighted by Gasteiger charge is 2.13. The van der Waals surface area contributed by atoms with Gasteiger partial charge in [-0.25, -0.2) is 9.59 Å². The molecule has 6 nitrogen and oxygen atoms in total. The third-order valence-corrected chi connectivity index (χ3v) is 2.64. The van der Waals surface area contributed by atoms with Crippen LogP contribution in [0.2, 0.25) is 0 Å². The van der Waals surface area contributed by atoms with Crippen LogP contribution >= 0.6 is 0 Å². The van der Waals surface area contributed by atoms with Crippen molar-refractivity contribution >= 4 is 11.9 Å². The van der Waals surface area contributed by atoms with Crippen molar-refractivity contribution in [1.82, 2.24) is 0 Å². The summed E-state index contributed by atoms with van der Waals surface area (Å²) in [6, 6.07) is 11.7. The Bertz CT molecular complexity index is 729. The molecule has 0 aliphatic carbocycles. The molecule has 0 aliphatic heterocycles. The molecule has 0 aromatic heterocycles. The number of carboxylic acid groups (broad SMARTS) is 2. The Morgan fingerprint density at radius 2 is 1.57 bits per heavy atom. The van der Waals surface area contributed by atoms with Crippen LogP contribution in [-0.2, 0) is 0 Å². The lowest BCUT2D eigenvalue weighted by Crippen LogP contribution is -2.03. The smallest absolute Gasteiger partial charge is 0.335 e. The molecule has 6 heteroatoms. The zero-order valence-corrected chi connectivity index (χ0v) is 10.6. The summed E-state index contributed by atoms with van der Waals surface area (Å²) in [6.07, 6.45) is 0. The first-order valence-electron chi connectivity index (χ1n) is 5.80. The standard InChI is InChI=1S/C15H9NO5/c16-8-9-3-1-2-4-13(9)21-12-6-10(14(17)18)5-11(7-12)15(19)20/h1-7H,(H,17,18)(H,19,20). The van der Waals surface area contributed by atoms with E-state index in [0.717, 1.165) is 6.07 Å². The number of nitrogens with zero attached hydrogens (tertiary/aromatic N) is 1. The van der Waals surface area contributed by atoms with Crippen molar-refractivity contribution in [2.45, 2.75) is 0 Å². The molecule has 0 saturated heterocycles. The van der Waals surface area contributed by atoms with Crippen LogP contribution in [-0.4, -0.2) is 22.2 Å². The Morgan fingerprint density at radius 3 is 2.10 bits per heavy atom. The van der Waals surface area contributed by atoms with Gasteiger partial charge in [0, 0.05) is 0 Å². The second kappa shape index (κ2) is 5.75. The molecule has 0 unspecified atom stereocenters. The van der Waals surface area contributed by atoms with E-state index in [1.165, 1.54) is 24.3 Å². The topological polar surface area (TPSA) is 108 Å². The Labute approximate surface area is 119 Å². The maximum absolute atomic E-state index is 11.0. The minimum absolute atomic E-state index is 0.0370. The highest BCUT2D eigenvalue weighted by Crippen LogP contribution is 2.26. The molecular formula is C15H9NO5. The number of ether oxygens (including phenoxy) is 1. The number of hydrogen-bond donors (Lipinski definition) is 2. The predicted molar refractivity (Wildman–Crippen MR) is 71.6 cm³/mol. The lowest BCUT2D eigenvalue weighted by Gasteiger charge is -2.09. The van der Waals surface area contributed by atoms with Crippen molar-refractivity contribution in [3.05, 3.63) is 59.2 Å². The molecule has 0 saturated carbocycles. The Morgan fingerprint density at radius 1 is 1.00 bits per heavy atom. The minimum atomic E-state index is -1.27. The van der Waals surface area contributed by atoms with E-state index in [1.54, 1.807) is 12.1 Å². The largest absolute Gasteiger partial charge is 0.478 e. The van der Waals surface area contributed by atoms with Crippen LogP contribution in [0.1, 0.15) is 26.3 Å². The van der Waals surface area contributed by atoms with E-state index in [1.807, 2.05) is 6.07 Å². The second-order valence-electron chi connectivity index (χ2n) is 4.07. The molecule has 0 amide bonds. The van der Waals surface area contributed by atoms with E-state index < -0.39 is 11.9 Å². The van der Waals surface area contributed by atoms with Gasteiger partial charge in [0.2, 0.25) is 0 Å². The summed E-state index contributed by atoms with van der Waals surface area (Å²) in [5.41, 5.74) is -0.159. The van der Waals surface area contributed by atoms with E-state index in [-0.39, 0.29) is 28.2 Å². The third kappa shape index (κ3) is 3.16. The number of nitriles is 1. The summed E-state index contributed by atoms with van der Waals surface area (Å²) >= 11 is 0. The summed E-state index contributed by atoms with van der Waals surface area (Å²) in [5.74, 6) is -2.28. The van der Waals surface area contributed by atoms with Crippen molar-refractivity contribution < 1.29 is 24.5 Å². The summed E-state index contributed by atoms with van der Waals surface area (Å²) in [4.78, 5) is 22.0. The molecule has 0 spiro atoms. The SMILES string of the molecule is N#Cc1ccccc1Oc1cc(C(=O)O)cc(C(=O)O)c1. The van der Waals surface area contributed by atoms with Crippen LogP contribution in [0.25, 0.3) is 0 Å². The monoisotopic (exact) mass is 283 g/mol. The van der Waals surface area contributed by atoms with E-state index in [9.17, 15) is 9.59 Å². The summed E-state index contributed by atoms with van der Waals surface area (Å²) in [5, 5.41) is 26.9. The molecule has 0 heterocycles. The molecule has 21 heavy (non-hydrogen) atoms. The molecule has 2 rings (SSSR count). The molecular weight excluding hydrogens is 274 g/mol. The van der Waals surface area contributed by atoms with E-state index in [4.69, 9.17) is 20.2 Å². The van der Waals surface area contributed by atoms with Crippen LogP contribution in [0.3, 0.4) is 0 Å². The number of benzene rings is 2. The van der Waals surface area contributed by atoms with Gasteiger partial charge in [0.05, 0.1) is 16.7 Å². The number of para-hydroxylation sites is 1. The lowest BCUT2D eigenvalue weighted by molar-refractivity contribution is 0.0696. The van der Waals surface area contributed by atoms with Gasteiger partial charge >= 0.3 is 11.9 Å². The summed E-state index contributed by atoms with van der Waals surface area (Å²) in [6.45, 7) is 0. The first kappa shape index (κ1) is 14.1. The number of rotatable bonds is 4. The fourth-order valence-electron chi connectivity index (χ4n) is 1.68. The van der Waals surface area contributed by atoms with Gasteiger partial charge in [-0.1, -0.05) is 12.1 Å². The predicted octanol–water partition coefficient (Wildman–Crippen LogP) is 2.75. The lowest BCUT2D eigenvalue weighted by atomic mass is 10.1. The summed E-state index contributed by atoms with van der Waals surface area (Å²) < 4.78 is 5.43. The van der Waals surface area contributed by atoms with Gasteiger partial charge in [-0.05, 0) is 30.3 Å². The van der Waals surface area contributed by atoms with Crippen LogP contribution in [0.4, 0.5) is 0 Å². The maximum Gasteiger partial charge on any atom is 0.335 e. The van der Waals surface area contributed by atoms with Gasteiger partial charge in [-0.2, -0.15) is 5.26 Å². The fourth-order valence-corrected chi connectivity index (χ4v) is 1.68. The molecule has 0 bridgehead atoms. The second-order valence-corrected chi connectivity index (χ2v) is 4.07. The van der Waals surface area contributed by atoms with Gasteiger partial charge in [0.1, 0.15) is 17.6 Å². The molecule has 2 aromatic rings. The van der Waals surface area contributed by atoms with E-state index in [2.05, 4.69) is 0 Å². The molecule has 104 valence electrons. The number of carboxylic acids is 2. The first-order chi connectivity index (χ1) is 10.0. The average molecular weight is 283 g/mol. The Hall–Kier alpha value is -3.33. The highest BCUT2D eigenvalue weighted by atomic mass is 16.5. The number of carbonyl (C=O) groups is 2. The number of aromatic carboxylic acids is 2. The fraction of sp³-hybridized carbons (Fsp3) is 0. The summed E-state index contributed by atoms with van der Waals surface area (Å²) in [7, 11) is 0. The van der Waals surface area contributed by atoms with Crippen molar-refractivity contribution in [3.8, 4) is 17.6 Å². The molecule has 0 fully saturated rings. The highest BCUT2D eigenvalue weighted by molar-refractivity contribution is 5.94. The minimum Gasteiger partial charge on any atom is -0.478 e. The van der Waals surface area contributed by atoms with Crippen molar-refractivity contribution in [3.63, 3.8) is 0 Å². The number of hydrogen-bond acceptors (Lipinski definition) is 4. The van der Waals surface area contributed by atoms with Gasteiger partial charge < -0.3 is 14.9 Å². The Kier molecular flexibility index (Phi) is 3.86. The molecule has 0 atom stereocenters. The van der Waals surface area contributed by atoms with Gasteiger partial charge in [-0.15, -0.1) is 0 Å². The molecule has 2 aromatic carbocycles. The van der Waals surface area contributed by atoms with E-state index in [0.29, 0.717) is 0 Å².